The van der Waals surface area contributed by atoms with Gasteiger partial charge in [-0.15, -0.1) is 0 Å². The number of hydrogen-bond acceptors (Lipinski definition) is 3. The predicted octanol–water partition coefficient (Wildman–Crippen LogP) is -0.195. The Kier molecular flexibility index (Phi) is 2.78. The molecule has 1 fully saturated rings. The lowest BCUT2D eigenvalue weighted by Gasteiger charge is -2.11. The van der Waals surface area contributed by atoms with Gasteiger partial charge in [0.15, 0.2) is 0 Å². The SMILES string of the molecule is O=C(CS)NCC1(CO)CC1. The largest absolute Gasteiger partial charge is 0.396 e. The maximum Gasteiger partial charge on any atom is 0.229 e. The Morgan fingerprint density at radius 2 is 2.27 bits per heavy atom. The summed E-state index contributed by atoms with van der Waals surface area (Å²) in [5.74, 6) is 0.162. The molecule has 1 amide bonds. The summed E-state index contributed by atoms with van der Waals surface area (Å²) in [4.78, 5) is 10.7. The lowest BCUT2D eigenvalue weighted by Crippen LogP contribution is -2.32. The second-order valence-corrected chi connectivity index (χ2v) is 3.41. The fourth-order valence-electron chi connectivity index (χ4n) is 0.910. The molecule has 0 saturated heterocycles. The fourth-order valence-corrected chi connectivity index (χ4v) is 1.02. The van der Waals surface area contributed by atoms with Crippen molar-refractivity contribution in [3.63, 3.8) is 0 Å². The van der Waals surface area contributed by atoms with Gasteiger partial charge in [-0.05, 0) is 12.8 Å². The smallest absolute Gasteiger partial charge is 0.229 e. The van der Waals surface area contributed by atoms with Crippen molar-refractivity contribution in [3.05, 3.63) is 0 Å². The molecule has 0 atom stereocenters. The molecule has 0 aromatic carbocycles. The van der Waals surface area contributed by atoms with Gasteiger partial charge in [0.1, 0.15) is 0 Å². The molecule has 2 N–H and O–H groups in total. The summed E-state index contributed by atoms with van der Waals surface area (Å²) < 4.78 is 0. The van der Waals surface area contributed by atoms with Gasteiger partial charge in [-0.2, -0.15) is 12.6 Å². The summed E-state index contributed by atoms with van der Waals surface area (Å²) in [6.45, 7) is 0.781. The lowest BCUT2D eigenvalue weighted by atomic mass is 10.1. The van der Waals surface area contributed by atoms with Crippen molar-refractivity contribution in [2.75, 3.05) is 18.9 Å². The quantitative estimate of drug-likeness (QED) is 0.518. The second kappa shape index (κ2) is 3.45. The van der Waals surface area contributed by atoms with Crippen molar-refractivity contribution in [3.8, 4) is 0 Å². The molecular formula is C7H13NO2S. The molecule has 1 saturated carbocycles. The number of aliphatic hydroxyl groups excluding tert-OH is 1. The maximum absolute atomic E-state index is 10.7. The van der Waals surface area contributed by atoms with Crippen LogP contribution >= 0.6 is 12.6 Å². The first-order valence-electron chi connectivity index (χ1n) is 3.71. The van der Waals surface area contributed by atoms with E-state index in [4.69, 9.17) is 5.11 Å². The molecule has 0 heterocycles. The third-order valence-corrected chi connectivity index (χ3v) is 2.38. The average Bonchev–Trinajstić information content (AvgIpc) is 2.81. The Morgan fingerprint density at radius 3 is 2.64 bits per heavy atom. The molecule has 64 valence electrons. The van der Waals surface area contributed by atoms with E-state index in [1.807, 2.05) is 0 Å². The highest BCUT2D eigenvalue weighted by Crippen LogP contribution is 2.44. The van der Waals surface area contributed by atoms with Crippen molar-refractivity contribution in [1.29, 1.82) is 0 Å². The molecular weight excluding hydrogens is 162 g/mol. The molecule has 0 radical (unpaired) electrons. The van der Waals surface area contributed by atoms with Crippen LogP contribution in [0.15, 0.2) is 0 Å². The van der Waals surface area contributed by atoms with Crippen LogP contribution in [0, 0.1) is 5.41 Å². The van der Waals surface area contributed by atoms with Gasteiger partial charge in [0.2, 0.25) is 5.91 Å². The molecule has 3 nitrogen and oxygen atoms in total. The lowest BCUT2D eigenvalue weighted by molar-refractivity contribution is -0.118. The van der Waals surface area contributed by atoms with Crippen molar-refractivity contribution in [2.45, 2.75) is 12.8 Å². The number of thiol groups is 1. The minimum Gasteiger partial charge on any atom is -0.396 e. The molecule has 11 heavy (non-hydrogen) atoms. The van der Waals surface area contributed by atoms with Gasteiger partial charge >= 0.3 is 0 Å². The minimum atomic E-state index is -0.0620. The molecule has 4 heteroatoms. The van der Waals surface area contributed by atoms with Crippen molar-refractivity contribution < 1.29 is 9.90 Å². The third-order valence-electron chi connectivity index (χ3n) is 2.10. The summed E-state index contributed by atoms with van der Waals surface area (Å²) in [5, 5.41) is 11.6. The second-order valence-electron chi connectivity index (χ2n) is 3.09. The molecule has 0 bridgehead atoms. The zero-order chi connectivity index (χ0) is 8.32. The van der Waals surface area contributed by atoms with Crippen LogP contribution in [-0.2, 0) is 4.79 Å². The molecule has 0 aliphatic heterocycles. The number of carbonyl (C=O) groups is 1. The van der Waals surface area contributed by atoms with Crippen LogP contribution in [0.5, 0.6) is 0 Å². The summed E-state index contributed by atoms with van der Waals surface area (Å²) >= 11 is 3.82. The molecule has 0 unspecified atom stereocenters. The van der Waals surface area contributed by atoms with E-state index in [9.17, 15) is 4.79 Å². The van der Waals surface area contributed by atoms with Gasteiger partial charge in [0.25, 0.3) is 0 Å². The van der Waals surface area contributed by atoms with E-state index in [1.165, 1.54) is 0 Å². The topological polar surface area (TPSA) is 49.3 Å². The highest BCUT2D eigenvalue weighted by Gasteiger charge is 2.41. The van der Waals surface area contributed by atoms with Crippen LogP contribution in [0.1, 0.15) is 12.8 Å². The maximum atomic E-state index is 10.7. The summed E-state index contributed by atoms with van der Waals surface area (Å²) in [7, 11) is 0. The van der Waals surface area contributed by atoms with Crippen molar-refractivity contribution >= 4 is 18.5 Å². The molecule has 1 aliphatic rings. The fraction of sp³-hybridized carbons (Fsp3) is 0.857. The van der Waals surface area contributed by atoms with Crippen LogP contribution in [0.3, 0.4) is 0 Å². The number of hydrogen-bond donors (Lipinski definition) is 3. The normalized spacial score (nSPS) is 19.5. The van der Waals surface area contributed by atoms with Gasteiger partial charge in [-0.25, -0.2) is 0 Å². The molecule has 1 rings (SSSR count). The molecule has 0 spiro atoms. The molecule has 0 aromatic heterocycles. The number of amides is 1. The number of aliphatic hydroxyl groups is 1. The van der Waals surface area contributed by atoms with Gasteiger partial charge in [-0.3, -0.25) is 4.79 Å². The van der Waals surface area contributed by atoms with Crippen molar-refractivity contribution in [2.24, 2.45) is 5.41 Å². The van der Waals surface area contributed by atoms with Crippen molar-refractivity contribution in [1.82, 2.24) is 5.32 Å². The number of rotatable bonds is 4. The summed E-state index contributed by atoms with van der Waals surface area (Å²) in [6.07, 6.45) is 2.05. The van der Waals surface area contributed by atoms with Crippen LogP contribution < -0.4 is 5.32 Å². The zero-order valence-electron chi connectivity index (χ0n) is 6.34. The Hall–Kier alpha value is -0.220. The predicted molar refractivity (Wildman–Crippen MR) is 45.6 cm³/mol. The Balaban J connectivity index is 2.16. The highest BCUT2D eigenvalue weighted by molar-refractivity contribution is 7.81. The highest BCUT2D eigenvalue weighted by atomic mass is 32.1. The average molecular weight is 175 g/mol. The summed E-state index contributed by atoms with van der Waals surface area (Å²) in [6, 6.07) is 0. The minimum absolute atomic E-state index is 0.0125. The van der Waals surface area contributed by atoms with E-state index >= 15 is 0 Å². The van der Waals surface area contributed by atoms with Crippen LogP contribution in [0.2, 0.25) is 0 Å². The van der Waals surface area contributed by atoms with E-state index in [0.29, 0.717) is 6.54 Å². The number of carbonyl (C=O) groups excluding carboxylic acids is 1. The van der Waals surface area contributed by atoms with E-state index in [0.717, 1.165) is 12.8 Å². The molecule has 0 aromatic rings. The van der Waals surface area contributed by atoms with E-state index in [2.05, 4.69) is 17.9 Å². The molecule has 1 aliphatic carbocycles. The van der Waals surface area contributed by atoms with E-state index in [-0.39, 0.29) is 23.7 Å². The zero-order valence-corrected chi connectivity index (χ0v) is 7.23. The van der Waals surface area contributed by atoms with Gasteiger partial charge in [-0.1, -0.05) is 0 Å². The van der Waals surface area contributed by atoms with Gasteiger partial charge in [0.05, 0.1) is 12.4 Å². The van der Waals surface area contributed by atoms with Crippen LogP contribution in [0.25, 0.3) is 0 Å². The monoisotopic (exact) mass is 175 g/mol. The summed E-state index contributed by atoms with van der Waals surface area (Å²) in [5.41, 5.74) is 0.0125. The first-order valence-corrected chi connectivity index (χ1v) is 4.34. The first-order chi connectivity index (χ1) is 5.22. The van der Waals surface area contributed by atoms with Crippen LogP contribution in [-0.4, -0.2) is 29.9 Å². The standard InChI is InChI=1S/C7H13NO2S/c9-5-7(1-2-7)4-8-6(10)3-11/h9,11H,1-5H2,(H,8,10). The Labute approximate surface area is 71.6 Å². The van der Waals surface area contributed by atoms with E-state index in [1.54, 1.807) is 0 Å². The van der Waals surface area contributed by atoms with Crippen LogP contribution in [0.4, 0.5) is 0 Å². The van der Waals surface area contributed by atoms with Gasteiger partial charge in [0, 0.05) is 12.0 Å². The Bertz CT molecular complexity index is 157. The first kappa shape index (κ1) is 8.87. The third kappa shape index (κ3) is 2.38. The number of nitrogens with one attached hydrogen (secondary N) is 1. The van der Waals surface area contributed by atoms with E-state index < -0.39 is 0 Å². The van der Waals surface area contributed by atoms with Gasteiger partial charge < -0.3 is 10.4 Å². The Morgan fingerprint density at radius 1 is 1.64 bits per heavy atom.